The maximum absolute atomic E-state index is 2.43. The van der Waals surface area contributed by atoms with Crippen LogP contribution >= 0.6 is 0 Å². The summed E-state index contributed by atoms with van der Waals surface area (Å²) in [6.45, 7) is 5.57. The molecule has 2 rings (SSSR count). The van der Waals surface area contributed by atoms with Gasteiger partial charge in [-0.3, -0.25) is 4.90 Å². The van der Waals surface area contributed by atoms with Crippen LogP contribution in [0, 0.1) is 6.42 Å². The molecular formula is C11H14N. The van der Waals surface area contributed by atoms with Crippen molar-refractivity contribution in [3.8, 4) is 0 Å². The second-order valence-electron chi connectivity index (χ2n) is 3.23. The lowest BCUT2D eigenvalue weighted by atomic mass is 10.0. The van der Waals surface area contributed by atoms with E-state index < -0.39 is 0 Å². The van der Waals surface area contributed by atoms with Gasteiger partial charge in [-0.15, -0.1) is 0 Å². The van der Waals surface area contributed by atoms with E-state index in [9.17, 15) is 0 Å². The third-order valence-electron chi connectivity index (χ3n) is 2.47. The topological polar surface area (TPSA) is 3.24 Å². The summed E-state index contributed by atoms with van der Waals surface area (Å²) in [5.74, 6) is 0. The Balaban J connectivity index is 2.23. The Bertz CT molecular complexity index is 267. The third-order valence-corrected chi connectivity index (χ3v) is 2.47. The van der Waals surface area contributed by atoms with E-state index in [0.29, 0.717) is 0 Å². The molecule has 12 heavy (non-hydrogen) atoms. The van der Waals surface area contributed by atoms with E-state index in [1.54, 1.807) is 0 Å². The molecule has 0 fully saturated rings. The lowest BCUT2D eigenvalue weighted by Gasteiger charge is -2.26. The summed E-state index contributed by atoms with van der Waals surface area (Å²) in [6.07, 6.45) is 2.31. The van der Waals surface area contributed by atoms with Gasteiger partial charge in [0.25, 0.3) is 0 Å². The monoisotopic (exact) mass is 160 g/mol. The van der Waals surface area contributed by atoms with Crippen LogP contribution in [0.3, 0.4) is 0 Å². The molecule has 1 aromatic carbocycles. The second-order valence-corrected chi connectivity index (χ2v) is 3.23. The molecule has 1 aromatic rings. The fourth-order valence-corrected chi connectivity index (χ4v) is 1.65. The Morgan fingerprint density at radius 3 is 3.00 bits per heavy atom. The van der Waals surface area contributed by atoms with Gasteiger partial charge in [-0.2, -0.15) is 0 Å². The van der Waals surface area contributed by atoms with Crippen LogP contribution in [0.15, 0.2) is 24.3 Å². The van der Waals surface area contributed by atoms with Gasteiger partial charge in [0.1, 0.15) is 0 Å². The fraction of sp³-hybridized carbons (Fsp3) is 0.364. The molecule has 1 nitrogen and oxygen atoms in total. The van der Waals surface area contributed by atoms with Gasteiger partial charge < -0.3 is 0 Å². The molecule has 0 atom stereocenters. The van der Waals surface area contributed by atoms with Crippen molar-refractivity contribution in [1.29, 1.82) is 0 Å². The van der Waals surface area contributed by atoms with Gasteiger partial charge in [0.15, 0.2) is 0 Å². The van der Waals surface area contributed by atoms with E-state index in [1.807, 2.05) is 0 Å². The summed E-state index contributed by atoms with van der Waals surface area (Å²) in [5.41, 5.74) is 2.88. The number of benzene rings is 1. The first kappa shape index (κ1) is 7.81. The number of hydrogen-bond donors (Lipinski definition) is 0. The lowest BCUT2D eigenvalue weighted by molar-refractivity contribution is 0.293. The van der Waals surface area contributed by atoms with Crippen LogP contribution in [0.2, 0.25) is 0 Å². The zero-order chi connectivity index (χ0) is 8.39. The molecule has 1 heterocycles. The Hall–Kier alpha value is -0.820. The number of hydrogen-bond acceptors (Lipinski definition) is 1. The van der Waals surface area contributed by atoms with Gasteiger partial charge in [0.2, 0.25) is 0 Å². The minimum atomic E-state index is 1.10. The highest BCUT2D eigenvalue weighted by molar-refractivity contribution is 5.35. The second kappa shape index (κ2) is 3.28. The molecule has 0 saturated heterocycles. The first-order valence-electron chi connectivity index (χ1n) is 4.53. The zero-order valence-electron chi connectivity index (χ0n) is 7.46. The average molecular weight is 160 g/mol. The fourth-order valence-electron chi connectivity index (χ4n) is 1.65. The molecule has 1 aliphatic rings. The smallest absolute Gasteiger partial charge is 0.0236 e. The first-order valence-corrected chi connectivity index (χ1v) is 4.53. The number of likely N-dealkylation sites (N-methyl/N-ethyl adjacent to an activating group) is 1. The van der Waals surface area contributed by atoms with Crippen molar-refractivity contribution in [2.45, 2.75) is 13.5 Å². The van der Waals surface area contributed by atoms with Crippen LogP contribution in [0.5, 0.6) is 0 Å². The molecule has 0 N–H and O–H groups in total. The molecule has 0 unspecified atom stereocenters. The number of nitrogens with zero attached hydrogens (tertiary/aromatic N) is 1. The quantitative estimate of drug-likeness (QED) is 0.608. The maximum Gasteiger partial charge on any atom is 0.0236 e. The van der Waals surface area contributed by atoms with Crippen molar-refractivity contribution < 1.29 is 0 Å². The largest absolute Gasteiger partial charge is 0.299 e. The summed E-state index contributed by atoms with van der Waals surface area (Å²) < 4.78 is 0. The molecule has 1 radical (unpaired) electrons. The van der Waals surface area contributed by atoms with E-state index in [0.717, 1.165) is 19.6 Å². The summed E-state index contributed by atoms with van der Waals surface area (Å²) in [4.78, 5) is 2.43. The molecule has 1 heteroatoms. The minimum absolute atomic E-state index is 1.10. The van der Waals surface area contributed by atoms with E-state index in [1.165, 1.54) is 11.1 Å². The molecule has 63 valence electrons. The summed E-state index contributed by atoms with van der Waals surface area (Å²) >= 11 is 0. The molecule has 0 spiro atoms. The van der Waals surface area contributed by atoms with E-state index >= 15 is 0 Å². The minimum Gasteiger partial charge on any atom is -0.299 e. The van der Waals surface area contributed by atoms with Gasteiger partial charge >= 0.3 is 0 Å². The zero-order valence-corrected chi connectivity index (χ0v) is 7.46. The average Bonchev–Trinajstić information content (AvgIpc) is 2.17. The van der Waals surface area contributed by atoms with Crippen LogP contribution < -0.4 is 0 Å². The van der Waals surface area contributed by atoms with Crippen LogP contribution in [0.4, 0.5) is 0 Å². The van der Waals surface area contributed by atoms with Crippen molar-refractivity contribution in [2.75, 3.05) is 13.1 Å². The Kier molecular flexibility index (Phi) is 2.13. The molecule has 0 aromatic heterocycles. The highest BCUT2D eigenvalue weighted by atomic mass is 15.1. The molecule has 0 saturated carbocycles. The Labute approximate surface area is 74.0 Å². The van der Waals surface area contributed by atoms with Crippen molar-refractivity contribution in [1.82, 2.24) is 4.90 Å². The van der Waals surface area contributed by atoms with Crippen molar-refractivity contribution in [3.63, 3.8) is 0 Å². The van der Waals surface area contributed by atoms with Crippen LogP contribution in [-0.2, 0) is 6.54 Å². The first-order chi connectivity index (χ1) is 5.90. The summed E-state index contributed by atoms with van der Waals surface area (Å²) in [7, 11) is 0. The highest BCUT2D eigenvalue weighted by Gasteiger charge is 2.13. The van der Waals surface area contributed by atoms with Gasteiger partial charge in [0.05, 0.1) is 0 Å². The normalized spacial score (nSPS) is 17.4. The summed E-state index contributed by atoms with van der Waals surface area (Å²) in [5, 5.41) is 0. The van der Waals surface area contributed by atoms with Gasteiger partial charge in [-0.05, 0) is 17.7 Å². The molecule has 1 aliphatic heterocycles. The van der Waals surface area contributed by atoms with Gasteiger partial charge in [0, 0.05) is 19.5 Å². The Morgan fingerprint density at radius 1 is 1.33 bits per heavy atom. The van der Waals surface area contributed by atoms with E-state index in [4.69, 9.17) is 0 Å². The van der Waals surface area contributed by atoms with Crippen LogP contribution in [0.1, 0.15) is 18.1 Å². The maximum atomic E-state index is 2.43. The van der Waals surface area contributed by atoms with Gasteiger partial charge in [-0.1, -0.05) is 31.2 Å². The lowest BCUT2D eigenvalue weighted by Crippen LogP contribution is -2.28. The highest BCUT2D eigenvalue weighted by Crippen LogP contribution is 2.18. The Morgan fingerprint density at radius 2 is 2.17 bits per heavy atom. The van der Waals surface area contributed by atoms with E-state index in [-0.39, 0.29) is 0 Å². The van der Waals surface area contributed by atoms with E-state index in [2.05, 4.69) is 42.5 Å². The SMILES string of the molecule is CCN1C[CH]c2ccccc2C1. The predicted octanol–water partition coefficient (Wildman–Crippen LogP) is 2.07. The molecule has 0 aliphatic carbocycles. The summed E-state index contributed by atoms with van der Waals surface area (Å²) in [6, 6.07) is 8.64. The van der Waals surface area contributed by atoms with Crippen molar-refractivity contribution in [2.24, 2.45) is 0 Å². The standard InChI is InChI=1S/C11H14N/c1-2-12-8-7-10-5-3-4-6-11(10)9-12/h3-7H,2,8-9H2,1H3. The van der Waals surface area contributed by atoms with Gasteiger partial charge in [-0.25, -0.2) is 0 Å². The predicted molar refractivity (Wildman–Crippen MR) is 50.8 cm³/mol. The van der Waals surface area contributed by atoms with Crippen LogP contribution in [-0.4, -0.2) is 18.0 Å². The molecular weight excluding hydrogens is 146 g/mol. The third kappa shape index (κ3) is 1.37. The van der Waals surface area contributed by atoms with Crippen molar-refractivity contribution in [3.05, 3.63) is 41.8 Å². The van der Waals surface area contributed by atoms with Crippen LogP contribution in [0.25, 0.3) is 0 Å². The number of rotatable bonds is 1. The van der Waals surface area contributed by atoms with Crippen molar-refractivity contribution >= 4 is 0 Å². The molecule has 0 amide bonds. The molecule has 0 bridgehead atoms. The number of fused-ring (bicyclic) bond motifs is 1.